The molecule has 1 saturated carbocycles. The number of benzene rings is 2. The molecular weight excluding hydrogens is 590 g/mol. The molecule has 3 atom stereocenters. The maximum Gasteiger partial charge on any atom is 0.307 e. The van der Waals surface area contributed by atoms with Crippen LogP contribution in [0.5, 0.6) is 5.75 Å². The van der Waals surface area contributed by atoms with Crippen LogP contribution in [0.15, 0.2) is 47.2 Å². The molecule has 41 heavy (non-hydrogen) atoms. The van der Waals surface area contributed by atoms with Crippen molar-refractivity contribution in [2.75, 3.05) is 13.1 Å². The Kier molecular flexibility index (Phi) is 7.54. The number of ether oxygens (including phenoxy) is 1. The SMILES string of the molecule is Cn1cnc(COc2ccc(Br)c3c2C(CN2Cc4ccccc4C2=O)N(C(=O)[C@@H]2CCCC[C@@H]2C(=O)O)CC3)n1. The van der Waals surface area contributed by atoms with E-state index >= 15 is 0 Å². The maximum absolute atomic E-state index is 14.2. The van der Waals surface area contributed by atoms with Crippen molar-refractivity contribution in [2.24, 2.45) is 18.9 Å². The number of carboxylic acids is 1. The van der Waals surface area contributed by atoms with Crippen molar-refractivity contribution in [3.05, 3.63) is 75.3 Å². The van der Waals surface area contributed by atoms with Crippen LogP contribution in [0.4, 0.5) is 0 Å². The molecule has 1 fully saturated rings. The average Bonchev–Trinajstić information content (AvgIpc) is 3.54. The summed E-state index contributed by atoms with van der Waals surface area (Å²) in [6.07, 6.45) is 4.87. The molecule has 3 aromatic rings. The first kappa shape index (κ1) is 27.4. The van der Waals surface area contributed by atoms with E-state index in [1.165, 1.54) is 0 Å². The van der Waals surface area contributed by atoms with Crippen LogP contribution in [0.3, 0.4) is 0 Å². The van der Waals surface area contributed by atoms with Crippen LogP contribution in [-0.4, -0.2) is 60.5 Å². The van der Waals surface area contributed by atoms with Gasteiger partial charge in [0.15, 0.2) is 5.82 Å². The highest BCUT2D eigenvalue weighted by atomic mass is 79.9. The Balaban J connectivity index is 1.38. The van der Waals surface area contributed by atoms with Gasteiger partial charge in [0.2, 0.25) is 5.91 Å². The van der Waals surface area contributed by atoms with Gasteiger partial charge in [-0.2, -0.15) is 5.10 Å². The Labute approximate surface area is 246 Å². The number of aryl methyl sites for hydroxylation is 1. The second kappa shape index (κ2) is 11.3. The number of rotatable bonds is 7. The van der Waals surface area contributed by atoms with Gasteiger partial charge in [0, 0.05) is 42.3 Å². The number of fused-ring (bicyclic) bond motifs is 2. The number of halogens is 1. The highest BCUT2D eigenvalue weighted by molar-refractivity contribution is 9.10. The van der Waals surface area contributed by atoms with E-state index in [1.807, 2.05) is 41.3 Å². The van der Waals surface area contributed by atoms with E-state index in [4.69, 9.17) is 4.74 Å². The van der Waals surface area contributed by atoms with Crippen molar-refractivity contribution < 1.29 is 24.2 Å². The molecule has 6 rings (SSSR count). The Morgan fingerprint density at radius 2 is 1.90 bits per heavy atom. The molecule has 3 heterocycles. The average molecular weight is 623 g/mol. The number of amides is 2. The van der Waals surface area contributed by atoms with Crippen LogP contribution in [-0.2, 0) is 36.2 Å². The van der Waals surface area contributed by atoms with E-state index in [1.54, 1.807) is 23.0 Å². The minimum atomic E-state index is -0.920. The van der Waals surface area contributed by atoms with Crippen LogP contribution in [0.2, 0.25) is 0 Å². The van der Waals surface area contributed by atoms with Gasteiger partial charge in [0.1, 0.15) is 18.7 Å². The van der Waals surface area contributed by atoms with Crippen LogP contribution in [0, 0.1) is 11.8 Å². The van der Waals surface area contributed by atoms with Gasteiger partial charge in [-0.1, -0.05) is 47.0 Å². The lowest BCUT2D eigenvalue weighted by Gasteiger charge is -2.43. The minimum absolute atomic E-state index is 0.0728. The molecule has 11 heteroatoms. The van der Waals surface area contributed by atoms with Crippen molar-refractivity contribution in [1.29, 1.82) is 0 Å². The molecule has 0 radical (unpaired) electrons. The fourth-order valence-electron chi connectivity index (χ4n) is 6.56. The smallest absolute Gasteiger partial charge is 0.307 e. The molecule has 3 aliphatic rings. The summed E-state index contributed by atoms with van der Waals surface area (Å²) in [5.41, 5.74) is 3.48. The summed E-state index contributed by atoms with van der Waals surface area (Å²) in [4.78, 5) is 47.7. The molecule has 2 amide bonds. The van der Waals surface area contributed by atoms with Crippen LogP contribution < -0.4 is 4.74 Å². The van der Waals surface area contributed by atoms with E-state index in [0.717, 1.165) is 34.0 Å². The molecule has 1 aromatic heterocycles. The summed E-state index contributed by atoms with van der Waals surface area (Å²) in [5, 5.41) is 14.3. The van der Waals surface area contributed by atoms with Crippen LogP contribution >= 0.6 is 15.9 Å². The van der Waals surface area contributed by atoms with E-state index < -0.39 is 23.8 Å². The third-order valence-electron chi connectivity index (χ3n) is 8.55. The lowest BCUT2D eigenvalue weighted by atomic mass is 9.77. The maximum atomic E-state index is 14.2. The first-order valence-corrected chi connectivity index (χ1v) is 14.8. The molecular formula is C30H32BrN5O5. The number of carboxylic acid groups (broad SMARTS) is 1. The molecule has 0 bridgehead atoms. The third kappa shape index (κ3) is 5.23. The molecule has 0 saturated heterocycles. The Bertz CT molecular complexity index is 1510. The summed E-state index contributed by atoms with van der Waals surface area (Å²) in [6.45, 7) is 1.29. The molecule has 1 N–H and O–H groups in total. The van der Waals surface area contributed by atoms with E-state index in [9.17, 15) is 19.5 Å². The highest BCUT2D eigenvalue weighted by Crippen LogP contribution is 2.43. The lowest BCUT2D eigenvalue weighted by Crippen LogP contribution is -2.50. The molecule has 1 aliphatic carbocycles. The lowest BCUT2D eigenvalue weighted by molar-refractivity contribution is -0.153. The zero-order chi connectivity index (χ0) is 28.7. The number of aliphatic carboxylic acids is 1. The second-order valence-corrected chi connectivity index (χ2v) is 11.9. The van der Waals surface area contributed by atoms with Crippen molar-refractivity contribution in [1.82, 2.24) is 24.6 Å². The largest absolute Gasteiger partial charge is 0.485 e. The number of nitrogens with zero attached hydrogens (tertiary/aromatic N) is 5. The summed E-state index contributed by atoms with van der Waals surface area (Å²) < 4.78 is 8.80. The highest BCUT2D eigenvalue weighted by Gasteiger charge is 2.44. The normalized spacial score (nSPS) is 21.9. The Morgan fingerprint density at radius 3 is 2.63 bits per heavy atom. The minimum Gasteiger partial charge on any atom is -0.485 e. The van der Waals surface area contributed by atoms with Gasteiger partial charge >= 0.3 is 5.97 Å². The topological polar surface area (TPSA) is 118 Å². The van der Waals surface area contributed by atoms with E-state index in [-0.39, 0.29) is 25.0 Å². The summed E-state index contributed by atoms with van der Waals surface area (Å²) in [7, 11) is 1.79. The number of hydrogen-bond donors (Lipinski definition) is 1. The van der Waals surface area contributed by atoms with Crippen molar-refractivity contribution >= 4 is 33.7 Å². The Morgan fingerprint density at radius 1 is 1.12 bits per heavy atom. The summed E-state index contributed by atoms with van der Waals surface area (Å²) in [5.74, 6) is -1.32. The quantitative estimate of drug-likeness (QED) is 0.421. The molecule has 10 nitrogen and oxygen atoms in total. The van der Waals surface area contributed by atoms with Gasteiger partial charge in [-0.3, -0.25) is 19.1 Å². The van der Waals surface area contributed by atoms with Crippen molar-refractivity contribution in [3.63, 3.8) is 0 Å². The van der Waals surface area contributed by atoms with Gasteiger partial charge in [0.25, 0.3) is 5.91 Å². The molecule has 1 unspecified atom stereocenters. The zero-order valence-corrected chi connectivity index (χ0v) is 24.4. The monoisotopic (exact) mass is 621 g/mol. The fraction of sp³-hybridized carbons (Fsp3) is 0.433. The number of carbonyl (C=O) groups is 3. The molecule has 2 aromatic carbocycles. The fourth-order valence-corrected chi connectivity index (χ4v) is 7.10. The second-order valence-electron chi connectivity index (χ2n) is 11.0. The number of hydrogen-bond acceptors (Lipinski definition) is 6. The third-order valence-corrected chi connectivity index (χ3v) is 9.29. The first-order chi connectivity index (χ1) is 19.8. The predicted molar refractivity (Wildman–Crippen MR) is 152 cm³/mol. The number of carbonyl (C=O) groups excluding carboxylic acids is 2. The zero-order valence-electron chi connectivity index (χ0n) is 22.8. The number of aromatic nitrogens is 3. The summed E-state index contributed by atoms with van der Waals surface area (Å²) in [6, 6.07) is 10.9. The standard InChI is InChI=1S/C30H32BrN5O5/c1-34-17-32-26(33-34)16-41-25-11-10-23(31)22-12-13-36(29(38)20-8-4-5-9-21(20)30(39)40)24(27(22)25)15-35-14-18-6-2-3-7-19(18)28(35)37/h2-3,6-7,10-11,17,20-21,24H,4-5,8-9,12-16H2,1H3,(H,39,40)/t20-,21+,24?/m1/s1. The summed E-state index contributed by atoms with van der Waals surface area (Å²) >= 11 is 3.71. The molecule has 0 spiro atoms. The van der Waals surface area contributed by atoms with Crippen LogP contribution in [0.25, 0.3) is 0 Å². The van der Waals surface area contributed by atoms with Gasteiger partial charge in [-0.15, -0.1) is 0 Å². The first-order valence-electron chi connectivity index (χ1n) is 14.0. The van der Waals surface area contributed by atoms with Gasteiger partial charge in [0.05, 0.1) is 17.9 Å². The molecule has 2 aliphatic heterocycles. The van der Waals surface area contributed by atoms with Gasteiger partial charge < -0.3 is 19.6 Å². The van der Waals surface area contributed by atoms with Crippen molar-refractivity contribution in [2.45, 2.75) is 51.3 Å². The predicted octanol–water partition coefficient (Wildman–Crippen LogP) is 4.13. The van der Waals surface area contributed by atoms with Gasteiger partial charge in [-0.05, 0) is 48.6 Å². The van der Waals surface area contributed by atoms with Crippen LogP contribution in [0.1, 0.15) is 64.6 Å². The van der Waals surface area contributed by atoms with E-state index in [2.05, 4.69) is 26.0 Å². The molecule has 214 valence electrons. The van der Waals surface area contributed by atoms with Crippen molar-refractivity contribution in [3.8, 4) is 5.75 Å². The van der Waals surface area contributed by atoms with E-state index in [0.29, 0.717) is 49.5 Å². The Hall–Kier alpha value is -3.73. The van der Waals surface area contributed by atoms with Gasteiger partial charge in [-0.25, -0.2) is 4.98 Å².